The Morgan fingerprint density at radius 1 is 0.941 bits per heavy atom. The minimum Gasteiger partial charge on any atom is -0.324 e. The predicted molar refractivity (Wildman–Crippen MR) is 133 cm³/mol. The number of amides is 2. The molecule has 0 fully saturated rings. The van der Waals surface area contributed by atoms with E-state index >= 15 is 0 Å². The zero-order valence-electron chi connectivity index (χ0n) is 18.0. The van der Waals surface area contributed by atoms with Crippen molar-refractivity contribution in [2.75, 3.05) is 10.2 Å². The van der Waals surface area contributed by atoms with Gasteiger partial charge >= 0.3 is 0 Å². The molecule has 0 atom stereocenters. The molecule has 2 N–H and O–H groups in total. The first kappa shape index (κ1) is 22.8. The van der Waals surface area contributed by atoms with Crippen LogP contribution in [0, 0.1) is 0 Å². The molecular weight excluding hydrogens is 520 g/mol. The summed E-state index contributed by atoms with van der Waals surface area (Å²) in [6.07, 6.45) is 3.65. The smallest absolute Gasteiger partial charge is 0.295 e. The van der Waals surface area contributed by atoms with E-state index in [4.69, 9.17) is 0 Å². The van der Waals surface area contributed by atoms with Gasteiger partial charge in [-0.15, -0.1) is 0 Å². The zero-order chi connectivity index (χ0) is 24.0. The van der Waals surface area contributed by atoms with E-state index < -0.39 is 10.1 Å². The molecule has 7 nitrogen and oxygen atoms in total. The average Bonchev–Trinajstić information content (AvgIpc) is 2.93. The number of hydrogen-bond donors (Lipinski definition) is 2. The number of carbonyl (C=O) groups is 2. The maximum atomic E-state index is 13.1. The highest BCUT2D eigenvalue weighted by atomic mass is 79.9. The standard InChI is InChI=1S/C25H21BrN2O5S/c26-19-6-3-7-21(34(31,32)33)24(19)16-8-11-17(12-9-16)28-20-13-10-15-4-1-2-5-18(15)25(20)27-22(29)14-23(28)30/h3,6-13H,1-2,4-5,14H2,(H,27,29)(H,31,32,33). The molecule has 9 heteroatoms. The molecule has 1 heterocycles. The summed E-state index contributed by atoms with van der Waals surface area (Å²) in [7, 11) is -4.44. The molecule has 34 heavy (non-hydrogen) atoms. The highest BCUT2D eigenvalue weighted by molar-refractivity contribution is 9.10. The van der Waals surface area contributed by atoms with Gasteiger partial charge in [0.25, 0.3) is 10.1 Å². The number of hydrogen-bond acceptors (Lipinski definition) is 4. The van der Waals surface area contributed by atoms with Crippen LogP contribution >= 0.6 is 15.9 Å². The second-order valence-corrected chi connectivity index (χ2v) is 10.6. The third-order valence-corrected chi connectivity index (χ3v) is 7.80. The van der Waals surface area contributed by atoms with Gasteiger partial charge in [-0.1, -0.05) is 40.2 Å². The molecule has 2 amide bonds. The van der Waals surface area contributed by atoms with Crippen molar-refractivity contribution in [3.63, 3.8) is 0 Å². The molecule has 174 valence electrons. The first-order valence-corrected chi connectivity index (χ1v) is 13.1. The highest BCUT2D eigenvalue weighted by Gasteiger charge is 2.30. The quantitative estimate of drug-likeness (QED) is 0.348. The third kappa shape index (κ3) is 4.04. The van der Waals surface area contributed by atoms with Crippen LogP contribution < -0.4 is 10.2 Å². The van der Waals surface area contributed by atoms with Crippen molar-refractivity contribution in [3.8, 4) is 11.1 Å². The molecule has 0 aromatic heterocycles. The molecule has 3 aromatic rings. The van der Waals surface area contributed by atoms with E-state index in [9.17, 15) is 22.6 Å². The predicted octanol–water partition coefficient (Wildman–Crippen LogP) is 5.25. The summed E-state index contributed by atoms with van der Waals surface area (Å²) in [5.74, 6) is -0.686. The maximum absolute atomic E-state index is 13.1. The molecule has 0 saturated heterocycles. The molecule has 1 aliphatic heterocycles. The Bertz CT molecular complexity index is 1430. The number of rotatable bonds is 3. The number of benzene rings is 3. The Morgan fingerprint density at radius 3 is 2.41 bits per heavy atom. The van der Waals surface area contributed by atoms with Gasteiger partial charge < -0.3 is 5.32 Å². The van der Waals surface area contributed by atoms with Crippen LogP contribution in [0.3, 0.4) is 0 Å². The van der Waals surface area contributed by atoms with Crippen LogP contribution in [0.1, 0.15) is 30.4 Å². The number of carbonyl (C=O) groups excluding carboxylic acids is 2. The molecule has 1 aliphatic carbocycles. The highest BCUT2D eigenvalue weighted by Crippen LogP contribution is 2.42. The minimum atomic E-state index is -4.44. The number of anilines is 3. The lowest BCUT2D eigenvalue weighted by Gasteiger charge is -2.27. The van der Waals surface area contributed by atoms with Crippen molar-refractivity contribution in [1.29, 1.82) is 0 Å². The lowest BCUT2D eigenvalue weighted by Crippen LogP contribution is -2.26. The summed E-state index contributed by atoms with van der Waals surface area (Å²) in [6.45, 7) is 0. The number of fused-ring (bicyclic) bond motifs is 3. The summed E-state index contributed by atoms with van der Waals surface area (Å²) >= 11 is 3.37. The molecule has 0 spiro atoms. The van der Waals surface area contributed by atoms with E-state index in [0.717, 1.165) is 31.2 Å². The average molecular weight is 541 g/mol. The molecule has 0 unspecified atom stereocenters. The van der Waals surface area contributed by atoms with Gasteiger partial charge in [-0.25, -0.2) is 0 Å². The van der Waals surface area contributed by atoms with E-state index in [1.54, 1.807) is 30.3 Å². The fourth-order valence-electron chi connectivity index (χ4n) is 4.74. The van der Waals surface area contributed by atoms with Gasteiger partial charge in [-0.05, 0) is 72.7 Å². The van der Waals surface area contributed by atoms with Gasteiger partial charge in [0.05, 0.1) is 11.4 Å². The molecule has 5 rings (SSSR count). The van der Waals surface area contributed by atoms with Crippen LogP contribution in [0.15, 0.2) is 64.0 Å². The minimum absolute atomic E-state index is 0.216. The first-order valence-electron chi connectivity index (χ1n) is 10.9. The SMILES string of the molecule is O=C1CC(=O)N(c2ccc(-c3c(Br)cccc3S(=O)(=O)O)cc2)c2ccc3c(c2N1)CCCC3. The van der Waals surface area contributed by atoms with Gasteiger partial charge in [-0.2, -0.15) is 8.42 Å². The topological polar surface area (TPSA) is 104 Å². The van der Waals surface area contributed by atoms with E-state index in [0.29, 0.717) is 32.7 Å². The summed E-state index contributed by atoms with van der Waals surface area (Å²) in [6, 6.07) is 15.2. The number of aryl methyl sites for hydroxylation is 1. The van der Waals surface area contributed by atoms with Gasteiger partial charge in [0, 0.05) is 15.7 Å². The van der Waals surface area contributed by atoms with Crippen molar-refractivity contribution in [1.82, 2.24) is 0 Å². The Morgan fingerprint density at radius 2 is 1.68 bits per heavy atom. The molecular formula is C25H21BrN2O5S. The van der Waals surface area contributed by atoms with Gasteiger partial charge in [-0.3, -0.25) is 19.0 Å². The molecule has 3 aromatic carbocycles. The van der Waals surface area contributed by atoms with Crippen molar-refractivity contribution in [3.05, 3.63) is 70.2 Å². The zero-order valence-corrected chi connectivity index (χ0v) is 20.4. The van der Waals surface area contributed by atoms with Crippen molar-refractivity contribution >= 4 is 54.9 Å². The van der Waals surface area contributed by atoms with E-state index in [1.165, 1.54) is 22.6 Å². The van der Waals surface area contributed by atoms with Crippen LogP contribution in [0.4, 0.5) is 17.1 Å². The molecule has 0 saturated carbocycles. The molecule has 0 radical (unpaired) electrons. The van der Waals surface area contributed by atoms with Crippen molar-refractivity contribution in [2.24, 2.45) is 0 Å². The fraction of sp³-hybridized carbons (Fsp3) is 0.200. The Kier molecular flexibility index (Phi) is 5.79. The number of nitrogens with one attached hydrogen (secondary N) is 1. The second-order valence-electron chi connectivity index (χ2n) is 8.39. The second kappa shape index (κ2) is 8.65. The monoisotopic (exact) mass is 540 g/mol. The van der Waals surface area contributed by atoms with E-state index in [-0.39, 0.29) is 23.1 Å². The summed E-state index contributed by atoms with van der Waals surface area (Å²) in [5, 5.41) is 2.95. The number of halogens is 1. The fourth-order valence-corrected chi connectivity index (χ4v) is 6.20. The van der Waals surface area contributed by atoms with Crippen LogP contribution in [0.25, 0.3) is 11.1 Å². The van der Waals surface area contributed by atoms with Crippen molar-refractivity contribution in [2.45, 2.75) is 37.0 Å². The maximum Gasteiger partial charge on any atom is 0.295 e. The van der Waals surface area contributed by atoms with E-state index in [1.807, 2.05) is 12.1 Å². The summed E-state index contributed by atoms with van der Waals surface area (Å²) in [4.78, 5) is 26.9. The van der Waals surface area contributed by atoms with Gasteiger partial charge in [0.2, 0.25) is 11.8 Å². The van der Waals surface area contributed by atoms with Crippen LogP contribution in [0.5, 0.6) is 0 Å². The molecule has 0 bridgehead atoms. The Labute approximate surface area is 205 Å². The Balaban J connectivity index is 1.61. The van der Waals surface area contributed by atoms with Crippen molar-refractivity contribution < 1.29 is 22.6 Å². The largest absolute Gasteiger partial charge is 0.324 e. The molecule has 2 aliphatic rings. The summed E-state index contributed by atoms with van der Waals surface area (Å²) < 4.78 is 34.0. The Hall–Kier alpha value is -3.01. The normalized spacial score (nSPS) is 15.9. The van der Waals surface area contributed by atoms with Crippen LogP contribution in [-0.4, -0.2) is 24.8 Å². The lowest BCUT2D eigenvalue weighted by molar-refractivity contribution is -0.124. The first-order chi connectivity index (χ1) is 16.2. The number of nitrogens with zero attached hydrogens (tertiary/aromatic N) is 1. The van der Waals surface area contributed by atoms with Crippen LogP contribution in [0.2, 0.25) is 0 Å². The lowest BCUT2D eigenvalue weighted by atomic mass is 9.89. The van der Waals surface area contributed by atoms with Gasteiger partial charge in [0.1, 0.15) is 11.3 Å². The van der Waals surface area contributed by atoms with Gasteiger partial charge in [0.15, 0.2) is 0 Å². The third-order valence-electron chi connectivity index (χ3n) is 6.24. The van der Waals surface area contributed by atoms with E-state index in [2.05, 4.69) is 21.2 Å². The van der Waals surface area contributed by atoms with Crippen LogP contribution in [-0.2, 0) is 32.5 Å². The summed E-state index contributed by atoms with van der Waals surface area (Å²) in [5.41, 5.74) is 5.03.